The molecule has 1 amide bonds. The quantitative estimate of drug-likeness (QED) is 0.790. The molecule has 1 atom stereocenters. The van der Waals surface area contributed by atoms with Crippen LogP contribution in [0.5, 0.6) is 0 Å². The van der Waals surface area contributed by atoms with Crippen LogP contribution < -0.4 is 0 Å². The summed E-state index contributed by atoms with van der Waals surface area (Å²) in [6.45, 7) is 1.39. The zero-order valence-electron chi connectivity index (χ0n) is 14.0. The molecule has 0 radical (unpaired) electrons. The fourth-order valence-electron chi connectivity index (χ4n) is 3.96. The Morgan fingerprint density at radius 3 is 2.20 bits per heavy atom. The summed E-state index contributed by atoms with van der Waals surface area (Å²) >= 11 is 0. The zero-order chi connectivity index (χ0) is 17.4. The van der Waals surface area contributed by atoms with Gasteiger partial charge in [-0.25, -0.2) is 8.42 Å². The lowest BCUT2D eigenvalue weighted by molar-refractivity contribution is -0.132. The summed E-state index contributed by atoms with van der Waals surface area (Å²) in [7, 11) is -3.26. The molecule has 4 rings (SSSR count). The van der Waals surface area contributed by atoms with Crippen molar-refractivity contribution in [1.29, 1.82) is 0 Å². The van der Waals surface area contributed by atoms with E-state index in [-0.39, 0.29) is 17.6 Å². The second-order valence-electron chi connectivity index (χ2n) is 6.79. The van der Waals surface area contributed by atoms with Gasteiger partial charge in [0.2, 0.25) is 5.91 Å². The van der Waals surface area contributed by atoms with Crippen LogP contribution in [0.25, 0.3) is 0 Å². The van der Waals surface area contributed by atoms with Crippen LogP contribution in [0, 0.1) is 0 Å². The minimum Gasteiger partial charge on any atom is -0.342 e. The molecule has 2 aromatic rings. The van der Waals surface area contributed by atoms with Gasteiger partial charge in [0.15, 0.2) is 9.84 Å². The Labute approximate surface area is 148 Å². The monoisotopic (exact) mass is 355 g/mol. The van der Waals surface area contributed by atoms with Crippen molar-refractivity contribution in [1.82, 2.24) is 4.90 Å². The molecule has 0 bridgehead atoms. The number of hydrogen-bond donors (Lipinski definition) is 0. The molecule has 0 N–H and O–H groups in total. The van der Waals surface area contributed by atoms with Gasteiger partial charge in [-0.05, 0) is 42.0 Å². The lowest BCUT2D eigenvalue weighted by Gasteiger charge is -2.30. The standard InChI is InChI=1S/C20H21NO3S/c22-20(21-12-9-15-5-1-2-6-16(15)10-13-21)18-11-14-25(23,24)19-8-4-3-7-17(18)19/h1-8,18H,9-14H2. The highest BCUT2D eigenvalue weighted by Gasteiger charge is 2.36. The molecular formula is C20H21NO3S. The lowest BCUT2D eigenvalue weighted by atomic mass is 9.94. The Kier molecular flexibility index (Phi) is 4.12. The molecule has 0 saturated carbocycles. The highest BCUT2D eigenvalue weighted by Crippen LogP contribution is 2.35. The second kappa shape index (κ2) is 6.30. The molecule has 130 valence electrons. The van der Waals surface area contributed by atoms with E-state index in [2.05, 4.69) is 12.1 Å². The molecular weight excluding hydrogens is 334 g/mol. The third-order valence-electron chi connectivity index (χ3n) is 5.34. The molecule has 0 spiro atoms. The summed E-state index contributed by atoms with van der Waals surface area (Å²) in [5, 5.41) is 0. The van der Waals surface area contributed by atoms with Crippen LogP contribution in [0.4, 0.5) is 0 Å². The van der Waals surface area contributed by atoms with Crippen LogP contribution in [0.15, 0.2) is 53.4 Å². The maximum Gasteiger partial charge on any atom is 0.230 e. The van der Waals surface area contributed by atoms with Crippen molar-refractivity contribution in [2.24, 2.45) is 0 Å². The minimum atomic E-state index is -3.26. The van der Waals surface area contributed by atoms with E-state index < -0.39 is 9.84 Å². The van der Waals surface area contributed by atoms with Crippen LogP contribution in [0.3, 0.4) is 0 Å². The SMILES string of the molecule is O=C(C1CCS(=O)(=O)c2ccccc21)N1CCc2ccccc2CC1. The van der Waals surface area contributed by atoms with Crippen molar-refractivity contribution in [2.45, 2.75) is 30.1 Å². The van der Waals surface area contributed by atoms with Gasteiger partial charge in [0.05, 0.1) is 16.6 Å². The zero-order valence-corrected chi connectivity index (χ0v) is 14.8. The maximum absolute atomic E-state index is 13.2. The van der Waals surface area contributed by atoms with Crippen molar-refractivity contribution in [2.75, 3.05) is 18.8 Å². The van der Waals surface area contributed by atoms with Gasteiger partial charge < -0.3 is 4.90 Å². The van der Waals surface area contributed by atoms with Gasteiger partial charge in [-0.2, -0.15) is 0 Å². The molecule has 2 heterocycles. The van der Waals surface area contributed by atoms with Gasteiger partial charge in [-0.1, -0.05) is 42.5 Å². The fourth-order valence-corrected chi connectivity index (χ4v) is 5.58. The lowest BCUT2D eigenvalue weighted by Crippen LogP contribution is -2.39. The molecule has 0 aliphatic carbocycles. The van der Waals surface area contributed by atoms with Crippen LogP contribution in [0.2, 0.25) is 0 Å². The maximum atomic E-state index is 13.2. The number of carbonyl (C=O) groups is 1. The van der Waals surface area contributed by atoms with Gasteiger partial charge >= 0.3 is 0 Å². The van der Waals surface area contributed by atoms with Crippen molar-refractivity contribution in [3.05, 3.63) is 65.2 Å². The normalized spacial score (nSPS) is 21.8. The molecule has 0 aromatic heterocycles. The third-order valence-corrected chi connectivity index (χ3v) is 7.15. The highest BCUT2D eigenvalue weighted by atomic mass is 32.2. The van der Waals surface area contributed by atoms with Gasteiger partial charge in [0, 0.05) is 13.1 Å². The third kappa shape index (κ3) is 2.97. The highest BCUT2D eigenvalue weighted by molar-refractivity contribution is 7.91. The summed E-state index contributed by atoms with van der Waals surface area (Å²) in [6.07, 6.45) is 2.09. The summed E-state index contributed by atoms with van der Waals surface area (Å²) < 4.78 is 24.6. The number of benzene rings is 2. The molecule has 4 nitrogen and oxygen atoms in total. The van der Waals surface area contributed by atoms with E-state index in [1.54, 1.807) is 18.2 Å². The van der Waals surface area contributed by atoms with Gasteiger partial charge in [-0.15, -0.1) is 0 Å². The minimum absolute atomic E-state index is 0.0501. The predicted molar refractivity (Wildman–Crippen MR) is 96.3 cm³/mol. The Morgan fingerprint density at radius 1 is 0.920 bits per heavy atom. The molecule has 2 aromatic carbocycles. The number of hydrogen-bond acceptors (Lipinski definition) is 3. The first-order valence-electron chi connectivity index (χ1n) is 8.73. The number of carbonyl (C=O) groups excluding carboxylic acids is 1. The molecule has 5 heteroatoms. The average Bonchev–Trinajstić information content (AvgIpc) is 2.84. The van der Waals surface area contributed by atoms with Gasteiger partial charge in [0.25, 0.3) is 0 Å². The van der Waals surface area contributed by atoms with Crippen LogP contribution in [-0.2, 0) is 27.5 Å². The first-order valence-corrected chi connectivity index (χ1v) is 10.4. The second-order valence-corrected chi connectivity index (χ2v) is 8.87. The van der Waals surface area contributed by atoms with Crippen molar-refractivity contribution in [3.63, 3.8) is 0 Å². The average molecular weight is 355 g/mol. The topological polar surface area (TPSA) is 54.5 Å². The number of sulfone groups is 1. The Balaban J connectivity index is 1.60. The number of nitrogens with zero attached hydrogens (tertiary/aromatic N) is 1. The van der Waals surface area contributed by atoms with Gasteiger partial charge in [-0.3, -0.25) is 4.79 Å². The van der Waals surface area contributed by atoms with Crippen molar-refractivity contribution >= 4 is 15.7 Å². The number of rotatable bonds is 1. The van der Waals surface area contributed by atoms with E-state index in [1.165, 1.54) is 11.1 Å². The summed E-state index contributed by atoms with van der Waals surface area (Å²) in [5.41, 5.74) is 3.29. The van der Waals surface area contributed by atoms with Crippen molar-refractivity contribution < 1.29 is 13.2 Å². The van der Waals surface area contributed by atoms with Crippen molar-refractivity contribution in [3.8, 4) is 0 Å². The summed E-state index contributed by atoms with van der Waals surface area (Å²) in [5.74, 6) is -0.231. The Morgan fingerprint density at radius 2 is 1.52 bits per heavy atom. The first-order chi connectivity index (χ1) is 12.1. The first kappa shape index (κ1) is 16.3. The smallest absolute Gasteiger partial charge is 0.230 e. The van der Waals surface area contributed by atoms with E-state index in [1.807, 2.05) is 23.1 Å². The number of fused-ring (bicyclic) bond motifs is 2. The largest absolute Gasteiger partial charge is 0.342 e. The molecule has 0 saturated heterocycles. The van der Waals surface area contributed by atoms with E-state index in [9.17, 15) is 13.2 Å². The number of amides is 1. The van der Waals surface area contributed by atoms with Crippen LogP contribution in [-0.4, -0.2) is 38.1 Å². The summed E-state index contributed by atoms with van der Waals surface area (Å²) in [4.78, 5) is 15.4. The molecule has 25 heavy (non-hydrogen) atoms. The van der Waals surface area contributed by atoms with E-state index >= 15 is 0 Å². The van der Waals surface area contributed by atoms with Crippen LogP contribution in [0.1, 0.15) is 29.0 Å². The van der Waals surface area contributed by atoms with Crippen LogP contribution >= 0.6 is 0 Å². The molecule has 2 aliphatic rings. The van der Waals surface area contributed by atoms with E-state index in [0.29, 0.717) is 30.0 Å². The Hall–Kier alpha value is -2.14. The summed E-state index contributed by atoms with van der Waals surface area (Å²) in [6, 6.07) is 15.3. The fraction of sp³-hybridized carbons (Fsp3) is 0.350. The molecule has 2 aliphatic heterocycles. The van der Waals surface area contributed by atoms with Gasteiger partial charge in [0.1, 0.15) is 0 Å². The molecule has 1 unspecified atom stereocenters. The Bertz CT molecular complexity index is 893. The molecule has 0 fully saturated rings. The van der Waals surface area contributed by atoms with E-state index in [0.717, 1.165) is 12.8 Å². The van der Waals surface area contributed by atoms with E-state index in [4.69, 9.17) is 0 Å². The predicted octanol–water partition coefficient (Wildman–Crippen LogP) is 2.58.